The molecule has 188 valence electrons. The molecule has 0 radical (unpaired) electrons. The summed E-state index contributed by atoms with van der Waals surface area (Å²) in [5.41, 5.74) is 16.2. The van der Waals surface area contributed by atoms with Gasteiger partial charge in [-0.15, -0.1) is 0 Å². The fourth-order valence-electron chi connectivity index (χ4n) is 2.49. The van der Waals surface area contributed by atoms with Gasteiger partial charge in [0.05, 0.1) is 12.1 Å². The second-order valence-electron chi connectivity index (χ2n) is 7.34. The molecule has 0 rings (SSSR count). The first-order chi connectivity index (χ1) is 15.3. The van der Waals surface area contributed by atoms with Gasteiger partial charge in [0.1, 0.15) is 18.1 Å². The fourth-order valence-corrected chi connectivity index (χ4v) is 2.49. The van der Waals surface area contributed by atoms with Gasteiger partial charge in [0.2, 0.25) is 17.7 Å². The van der Waals surface area contributed by atoms with Crippen LogP contribution in [-0.2, 0) is 24.0 Å². The van der Waals surface area contributed by atoms with Crippen molar-refractivity contribution in [3.8, 4) is 0 Å². The highest BCUT2D eigenvalue weighted by atomic mass is 16.4. The van der Waals surface area contributed by atoms with Crippen LogP contribution < -0.4 is 33.2 Å². The topological polar surface area (TPSA) is 273 Å². The highest BCUT2D eigenvalue weighted by Crippen LogP contribution is 2.04. The number of aliphatic hydroxyl groups excluding tert-OH is 1. The van der Waals surface area contributed by atoms with Gasteiger partial charge in [0, 0.05) is 13.0 Å². The lowest BCUT2D eigenvalue weighted by Crippen LogP contribution is -2.59. The largest absolute Gasteiger partial charge is 0.481 e. The highest BCUT2D eigenvalue weighted by Gasteiger charge is 2.32. The number of hydrogen-bond acceptors (Lipinski definition) is 8. The van der Waals surface area contributed by atoms with E-state index in [1.165, 1.54) is 13.8 Å². The van der Waals surface area contributed by atoms with Crippen LogP contribution in [0, 0.1) is 0 Å². The van der Waals surface area contributed by atoms with E-state index in [2.05, 4.69) is 20.9 Å². The maximum atomic E-state index is 12.7. The molecule has 0 aromatic heterocycles. The number of hydrogen-bond donors (Lipinski definition) is 9. The minimum Gasteiger partial charge on any atom is -0.481 e. The van der Waals surface area contributed by atoms with E-state index >= 15 is 0 Å². The number of guanidine groups is 1. The van der Waals surface area contributed by atoms with Crippen LogP contribution in [0.25, 0.3) is 0 Å². The minimum absolute atomic E-state index is 0.118. The van der Waals surface area contributed by atoms with Crippen LogP contribution in [0.2, 0.25) is 0 Å². The molecular weight excluding hydrogens is 442 g/mol. The summed E-state index contributed by atoms with van der Waals surface area (Å²) >= 11 is 0. The summed E-state index contributed by atoms with van der Waals surface area (Å²) < 4.78 is 0. The normalized spacial score (nSPS) is 15.2. The zero-order valence-electron chi connectivity index (χ0n) is 18.5. The number of amides is 3. The molecule has 0 aliphatic rings. The molecule has 0 aromatic rings. The van der Waals surface area contributed by atoms with Crippen molar-refractivity contribution >= 4 is 35.6 Å². The summed E-state index contributed by atoms with van der Waals surface area (Å²) in [6.07, 6.45) is -1.71. The number of nitrogens with zero attached hydrogens (tertiary/aromatic N) is 1. The molecule has 5 atom stereocenters. The van der Waals surface area contributed by atoms with E-state index in [1.54, 1.807) is 0 Å². The molecule has 0 fully saturated rings. The first-order valence-electron chi connectivity index (χ1n) is 10.1. The number of aliphatic hydroxyl groups is 1. The number of rotatable bonds is 15. The number of aliphatic carboxylic acids is 2. The molecular formula is C18H33N7O8. The standard InChI is InChI=1S/C18H33N7O8/c1-8(17(32)33)23-16(31)13(9(2)26)25-15(30)11(5-6-12(27)28)24-14(29)10(19)4-3-7-22-18(20)21/h8-11,13,26H,3-7,19H2,1-2H3,(H,23,31)(H,24,29)(H,25,30)(H,27,28)(H,32,33)(H4,20,21,22). The van der Waals surface area contributed by atoms with Crippen molar-refractivity contribution in [2.45, 2.75) is 69.8 Å². The summed E-state index contributed by atoms with van der Waals surface area (Å²) in [7, 11) is 0. The van der Waals surface area contributed by atoms with Crippen LogP contribution in [0.3, 0.4) is 0 Å². The molecule has 0 aromatic carbocycles. The molecule has 5 unspecified atom stereocenters. The molecule has 0 saturated carbocycles. The third-order valence-electron chi connectivity index (χ3n) is 4.38. The van der Waals surface area contributed by atoms with Crippen molar-refractivity contribution in [1.29, 1.82) is 0 Å². The van der Waals surface area contributed by atoms with Crippen molar-refractivity contribution < 1.29 is 39.3 Å². The van der Waals surface area contributed by atoms with Gasteiger partial charge in [0.15, 0.2) is 5.96 Å². The smallest absolute Gasteiger partial charge is 0.325 e. The summed E-state index contributed by atoms with van der Waals surface area (Å²) in [6, 6.07) is -5.29. The lowest BCUT2D eigenvalue weighted by atomic mass is 10.1. The number of carbonyl (C=O) groups is 5. The Bertz CT molecular complexity index is 739. The van der Waals surface area contributed by atoms with Gasteiger partial charge in [-0.05, 0) is 33.1 Å². The predicted molar refractivity (Wildman–Crippen MR) is 116 cm³/mol. The Hall–Kier alpha value is -3.46. The quantitative estimate of drug-likeness (QED) is 0.0628. The van der Waals surface area contributed by atoms with Crippen molar-refractivity contribution in [2.24, 2.45) is 22.2 Å². The number of carboxylic acid groups (broad SMARTS) is 2. The third-order valence-corrected chi connectivity index (χ3v) is 4.38. The average molecular weight is 476 g/mol. The van der Waals surface area contributed by atoms with Gasteiger partial charge in [0.25, 0.3) is 0 Å². The monoisotopic (exact) mass is 475 g/mol. The fraction of sp³-hybridized carbons (Fsp3) is 0.667. The highest BCUT2D eigenvalue weighted by molar-refractivity contribution is 5.94. The lowest BCUT2D eigenvalue weighted by Gasteiger charge is -2.26. The van der Waals surface area contributed by atoms with Crippen molar-refractivity contribution in [3.05, 3.63) is 0 Å². The first-order valence-corrected chi connectivity index (χ1v) is 10.1. The molecule has 0 bridgehead atoms. The van der Waals surface area contributed by atoms with Gasteiger partial charge in [-0.25, -0.2) is 0 Å². The van der Waals surface area contributed by atoms with Gasteiger partial charge in [-0.2, -0.15) is 0 Å². The Balaban J connectivity index is 5.25. The lowest BCUT2D eigenvalue weighted by molar-refractivity contribution is -0.142. The Morgan fingerprint density at radius 1 is 0.909 bits per heavy atom. The van der Waals surface area contributed by atoms with Gasteiger partial charge in [-0.1, -0.05) is 0 Å². The molecule has 0 saturated heterocycles. The molecule has 33 heavy (non-hydrogen) atoms. The summed E-state index contributed by atoms with van der Waals surface area (Å²) in [5, 5.41) is 34.3. The van der Waals surface area contributed by atoms with Gasteiger partial charge >= 0.3 is 11.9 Å². The molecule has 0 heterocycles. The molecule has 0 aliphatic carbocycles. The Morgan fingerprint density at radius 3 is 2.00 bits per heavy atom. The zero-order chi connectivity index (χ0) is 25.7. The number of nitrogens with one attached hydrogen (secondary N) is 3. The van der Waals surface area contributed by atoms with Gasteiger partial charge in [-0.3, -0.25) is 29.0 Å². The molecule has 15 heteroatoms. The van der Waals surface area contributed by atoms with E-state index in [4.69, 9.17) is 27.4 Å². The number of nitrogens with two attached hydrogens (primary N) is 3. The summed E-state index contributed by atoms with van der Waals surface area (Å²) in [6.45, 7) is 2.60. The van der Waals surface area contributed by atoms with Crippen molar-refractivity contribution in [2.75, 3.05) is 6.54 Å². The van der Waals surface area contributed by atoms with E-state index in [0.717, 1.165) is 0 Å². The minimum atomic E-state index is -1.56. The Morgan fingerprint density at radius 2 is 1.52 bits per heavy atom. The van der Waals surface area contributed by atoms with Crippen LogP contribution in [0.15, 0.2) is 4.99 Å². The predicted octanol–water partition coefficient (Wildman–Crippen LogP) is -3.83. The second-order valence-corrected chi connectivity index (χ2v) is 7.34. The van der Waals surface area contributed by atoms with E-state index in [-0.39, 0.29) is 25.3 Å². The van der Waals surface area contributed by atoms with Crippen molar-refractivity contribution in [1.82, 2.24) is 16.0 Å². The van der Waals surface area contributed by atoms with Crippen LogP contribution >= 0.6 is 0 Å². The van der Waals surface area contributed by atoms with E-state index in [0.29, 0.717) is 6.42 Å². The molecule has 15 nitrogen and oxygen atoms in total. The number of aliphatic imine (C=N–C) groups is 1. The SMILES string of the molecule is CC(NC(=O)C(NC(=O)C(CCC(=O)O)NC(=O)C(N)CCCN=C(N)N)C(C)O)C(=O)O. The van der Waals surface area contributed by atoms with Gasteiger partial charge < -0.3 is 48.5 Å². The number of carbonyl (C=O) groups excluding carboxylic acids is 3. The van der Waals surface area contributed by atoms with Crippen LogP contribution in [-0.4, -0.2) is 87.8 Å². The third kappa shape index (κ3) is 12.2. The maximum Gasteiger partial charge on any atom is 0.325 e. The van der Waals surface area contributed by atoms with Crippen LogP contribution in [0.4, 0.5) is 0 Å². The summed E-state index contributed by atoms with van der Waals surface area (Å²) in [4.78, 5) is 62.9. The second kappa shape index (κ2) is 14.6. The zero-order valence-corrected chi connectivity index (χ0v) is 18.5. The van der Waals surface area contributed by atoms with E-state index in [1.807, 2.05) is 0 Å². The average Bonchev–Trinajstić information content (AvgIpc) is 2.70. The van der Waals surface area contributed by atoms with Crippen LogP contribution in [0.1, 0.15) is 39.5 Å². The van der Waals surface area contributed by atoms with E-state index < -0.39 is 66.4 Å². The Labute approximate surface area is 190 Å². The first kappa shape index (κ1) is 29.5. The van der Waals surface area contributed by atoms with E-state index in [9.17, 15) is 29.1 Å². The molecule has 0 spiro atoms. The molecule has 12 N–H and O–H groups in total. The van der Waals surface area contributed by atoms with Crippen molar-refractivity contribution in [3.63, 3.8) is 0 Å². The molecule has 3 amide bonds. The Kier molecular flexibility index (Phi) is 13.0. The maximum absolute atomic E-state index is 12.7. The molecule has 0 aliphatic heterocycles. The number of carboxylic acids is 2. The van der Waals surface area contributed by atoms with Crippen LogP contribution in [0.5, 0.6) is 0 Å². The summed E-state index contributed by atoms with van der Waals surface area (Å²) in [5.74, 6) is -5.37.